The monoisotopic (exact) mass is 540 g/mol. The van der Waals surface area contributed by atoms with Gasteiger partial charge < -0.3 is 4.90 Å². The minimum atomic E-state index is -4.88. The number of alkyl halides is 6. The van der Waals surface area contributed by atoms with E-state index in [2.05, 4.69) is 9.80 Å². The number of ketones is 1. The first-order valence-corrected chi connectivity index (χ1v) is 13.4. The molecule has 0 N–H and O–H groups in total. The van der Waals surface area contributed by atoms with Gasteiger partial charge in [0.15, 0.2) is 5.78 Å². The highest BCUT2D eigenvalue weighted by atomic mass is 19.4. The predicted molar refractivity (Wildman–Crippen MR) is 134 cm³/mol. The van der Waals surface area contributed by atoms with Crippen molar-refractivity contribution in [1.82, 2.24) is 9.80 Å². The maximum absolute atomic E-state index is 13.5. The number of Topliss-reactive ketones (excluding diaryl/α,β-unsaturated/α-hetero) is 1. The molecule has 2 fully saturated rings. The number of aryl methyl sites for hydroxylation is 1. The van der Waals surface area contributed by atoms with Crippen molar-refractivity contribution in [3.8, 4) is 0 Å². The lowest BCUT2D eigenvalue weighted by molar-refractivity contribution is -0.143. The van der Waals surface area contributed by atoms with Crippen molar-refractivity contribution in [2.24, 2.45) is 0 Å². The molecule has 1 unspecified atom stereocenters. The maximum Gasteiger partial charge on any atom is 0.416 e. The Bertz CT molecular complexity index is 1020. The van der Waals surface area contributed by atoms with Gasteiger partial charge in [-0.3, -0.25) is 9.69 Å². The van der Waals surface area contributed by atoms with Gasteiger partial charge >= 0.3 is 12.4 Å². The molecule has 0 amide bonds. The van der Waals surface area contributed by atoms with Crippen LogP contribution in [-0.2, 0) is 23.6 Å². The number of benzene rings is 2. The molecule has 9 heteroatoms. The predicted octanol–water partition coefficient (Wildman–Crippen LogP) is 7.31. The van der Waals surface area contributed by atoms with Crippen molar-refractivity contribution in [3.63, 3.8) is 0 Å². The molecular formula is C29H34F6N2O. The van der Waals surface area contributed by atoms with E-state index in [0.717, 1.165) is 56.7 Å². The quantitative estimate of drug-likeness (QED) is 0.328. The zero-order valence-electron chi connectivity index (χ0n) is 21.3. The largest absolute Gasteiger partial charge is 0.416 e. The van der Waals surface area contributed by atoms with Gasteiger partial charge in [-0.25, -0.2) is 0 Å². The second-order valence-electron chi connectivity index (χ2n) is 10.4. The van der Waals surface area contributed by atoms with Crippen LogP contribution in [0.3, 0.4) is 0 Å². The van der Waals surface area contributed by atoms with Crippen LogP contribution < -0.4 is 0 Å². The van der Waals surface area contributed by atoms with Crippen molar-refractivity contribution in [1.29, 1.82) is 0 Å². The Morgan fingerprint density at radius 2 is 1.39 bits per heavy atom. The van der Waals surface area contributed by atoms with Gasteiger partial charge in [0.2, 0.25) is 0 Å². The highest BCUT2D eigenvalue weighted by Gasteiger charge is 2.37. The molecule has 208 valence electrons. The van der Waals surface area contributed by atoms with E-state index in [1.54, 1.807) is 0 Å². The average Bonchev–Trinajstić information content (AvgIpc) is 2.89. The van der Waals surface area contributed by atoms with Crippen LogP contribution in [0.5, 0.6) is 0 Å². The van der Waals surface area contributed by atoms with Crippen molar-refractivity contribution in [3.05, 3.63) is 70.8 Å². The number of carbonyl (C=O) groups excluding carboxylic acids is 1. The summed E-state index contributed by atoms with van der Waals surface area (Å²) in [6, 6.07) is 11.1. The highest BCUT2D eigenvalue weighted by Crippen LogP contribution is 2.37. The minimum absolute atomic E-state index is 0.0444. The molecule has 0 radical (unpaired) electrons. The molecule has 2 aliphatic rings. The first kappa shape index (κ1) is 28.6. The Morgan fingerprint density at radius 3 is 1.95 bits per heavy atom. The van der Waals surface area contributed by atoms with Crippen molar-refractivity contribution in [2.75, 3.05) is 26.2 Å². The normalized spacial score (nSPS) is 19.4. The van der Waals surface area contributed by atoms with Gasteiger partial charge in [0, 0.05) is 25.6 Å². The van der Waals surface area contributed by atoms with Crippen LogP contribution in [0, 0.1) is 0 Å². The van der Waals surface area contributed by atoms with E-state index in [4.69, 9.17) is 0 Å². The van der Waals surface area contributed by atoms with Crippen LogP contribution >= 0.6 is 0 Å². The van der Waals surface area contributed by atoms with Crippen LogP contribution in [0.2, 0.25) is 0 Å². The lowest BCUT2D eigenvalue weighted by Gasteiger charge is -2.42. The summed E-state index contributed by atoms with van der Waals surface area (Å²) in [4.78, 5) is 18.2. The summed E-state index contributed by atoms with van der Waals surface area (Å²) in [6.45, 7) is 3.79. The highest BCUT2D eigenvalue weighted by molar-refractivity contribution is 5.85. The number of nitrogens with zero attached hydrogens (tertiary/aromatic N) is 2. The standard InChI is InChI=1S/C29H34F6N2O/c30-28(31,32)23-18-21(19-24(20-23)29(33,34)35)8-7-11-26(38)27(22-9-3-1-4-10-22)37-16-12-25(13-17-37)36-14-5-2-6-15-36/h1,3-4,9-10,18-20,25,27H,2,5-8,11-17H2. The Kier molecular flexibility index (Phi) is 9.19. The smallest absolute Gasteiger partial charge is 0.300 e. The zero-order valence-corrected chi connectivity index (χ0v) is 21.3. The topological polar surface area (TPSA) is 23.6 Å². The second-order valence-corrected chi connectivity index (χ2v) is 10.4. The lowest BCUT2D eigenvalue weighted by atomic mass is 9.92. The van der Waals surface area contributed by atoms with E-state index < -0.39 is 29.5 Å². The summed E-state index contributed by atoms with van der Waals surface area (Å²) in [5.41, 5.74) is -1.86. The van der Waals surface area contributed by atoms with Gasteiger partial charge in [0.05, 0.1) is 17.2 Å². The Labute approximate surface area is 219 Å². The number of halogens is 6. The lowest BCUT2D eigenvalue weighted by Crippen LogP contribution is -2.48. The van der Waals surface area contributed by atoms with Gasteiger partial charge in [-0.15, -0.1) is 0 Å². The maximum atomic E-state index is 13.5. The first-order chi connectivity index (χ1) is 18.0. The third-order valence-electron chi connectivity index (χ3n) is 7.73. The molecule has 0 aliphatic carbocycles. The van der Waals surface area contributed by atoms with Crippen molar-refractivity contribution in [2.45, 2.75) is 75.8 Å². The third-order valence-corrected chi connectivity index (χ3v) is 7.73. The van der Waals surface area contributed by atoms with Gasteiger partial charge in [-0.05, 0) is 80.9 Å². The third kappa shape index (κ3) is 7.38. The second kappa shape index (κ2) is 12.2. The van der Waals surface area contributed by atoms with E-state index in [-0.39, 0.29) is 36.7 Å². The SMILES string of the molecule is O=C(CCCc1cc(C(F)(F)F)cc(C(F)(F)F)c1)C(c1ccccc1)N1CCC(N2CCCCC2)CC1. The van der Waals surface area contributed by atoms with Crippen molar-refractivity contribution < 1.29 is 31.1 Å². The Balaban J connectivity index is 1.42. The number of likely N-dealkylation sites (tertiary alicyclic amines) is 2. The summed E-state index contributed by atoms with van der Waals surface area (Å²) in [7, 11) is 0. The molecule has 4 rings (SSSR count). The Hall–Kier alpha value is -2.39. The number of rotatable bonds is 8. The number of hydrogen-bond acceptors (Lipinski definition) is 3. The molecule has 2 heterocycles. The van der Waals surface area contributed by atoms with Crippen molar-refractivity contribution >= 4 is 5.78 Å². The van der Waals surface area contributed by atoms with E-state index in [1.165, 1.54) is 19.3 Å². The van der Waals surface area contributed by atoms with Crippen LogP contribution in [0.1, 0.15) is 73.2 Å². The number of piperidine rings is 2. The van der Waals surface area contributed by atoms with Gasteiger partial charge in [-0.1, -0.05) is 36.8 Å². The van der Waals surface area contributed by atoms with Crippen LogP contribution in [0.4, 0.5) is 26.3 Å². The van der Waals surface area contributed by atoms with E-state index >= 15 is 0 Å². The number of carbonyl (C=O) groups is 1. The average molecular weight is 541 g/mol. The molecule has 2 saturated heterocycles. The summed E-state index contributed by atoms with van der Waals surface area (Å²) in [5.74, 6) is -0.0596. The van der Waals surface area contributed by atoms with E-state index in [0.29, 0.717) is 6.04 Å². The molecule has 0 aromatic heterocycles. The molecule has 0 saturated carbocycles. The molecular weight excluding hydrogens is 506 g/mol. The van der Waals surface area contributed by atoms with E-state index in [1.807, 2.05) is 30.3 Å². The molecule has 38 heavy (non-hydrogen) atoms. The summed E-state index contributed by atoms with van der Waals surface area (Å²) in [6.07, 6.45) is -3.90. The van der Waals surface area contributed by atoms with Gasteiger partial charge in [0.1, 0.15) is 0 Å². The van der Waals surface area contributed by atoms with Crippen LogP contribution in [-0.4, -0.2) is 47.8 Å². The summed E-state index contributed by atoms with van der Waals surface area (Å²) in [5, 5.41) is 0. The molecule has 1 atom stereocenters. The molecule has 3 nitrogen and oxygen atoms in total. The summed E-state index contributed by atoms with van der Waals surface area (Å²) < 4.78 is 79.2. The molecule has 0 spiro atoms. The van der Waals surface area contributed by atoms with Crippen LogP contribution in [0.25, 0.3) is 0 Å². The van der Waals surface area contributed by atoms with Gasteiger partial charge in [0.25, 0.3) is 0 Å². The fourth-order valence-corrected chi connectivity index (χ4v) is 5.80. The van der Waals surface area contributed by atoms with E-state index in [9.17, 15) is 31.1 Å². The fraction of sp³-hybridized carbons (Fsp3) is 0.552. The molecule has 2 aromatic rings. The molecule has 0 bridgehead atoms. The number of hydrogen-bond donors (Lipinski definition) is 0. The minimum Gasteiger partial charge on any atom is -0.300 e. The first-order valence-electron chi connectivity index (χ1n) is 13.4. The Morgan fingerprint density at radius 1 is 0.816 bits per heavy atom. The van der Waals surface area contributed by atoms with Crippen LogP contribution in [0.15, 0.2) is 48.5 Å². The van der Waals surface area contributed by atoms with Gasteiger partial charge in [-0.2, -0.15) is 26.3 Å². The summed E-state index contributed by atoms with van der Waals surface area (Å²) >= 11 is 0. The zero-order chi connectivity index (χ0) is 27.3. The fourth-order valence-electron chi connectivity index (χ4n) is 5.80. The molecule has 2 aliphatic heterocycles. The molecule has 2 aromatic carbocycles.